The number of carbonyl (C=O) groups is 1. The van der Waals surface area contributed by atoms with Gasteiger partial charge in [0.25, 0.3) is 0 Å². The Bertz CT molecular complexity index is 300. The third-order valence-corrected chi connectivity index (χ3v) is 4.79. The van der Waals surface area contributed by atoms with Crippen molar-refractivity contribution in [2.24, 2.45) is 0 Å². The van der Waals surface area contributed by atoms with E-state index >= 15 is 0 Å². The molecule has 0 unspecified atom stereocenters. The predicted octanol–water partition coefficient (Wildman–Crippen LogP) is 1.35. The first-order valence-corrected chi connectivity index (χ1v) is 7.94. The number of likely N-dealkylation sites (tertiary alicyclic amines) is 1. The summed E-state index contributed by atoms with van der Waals surface area (Å²) in [7, 11) is 0. The Kier molecular flexibility index (Phi) is 5.72. The van der Waals surface area contributed by atoms with Crippen LogP contribution in [-0.2, 0) is 9.53 Å². The van der Waals surface area contributed by atoms with Gasteiger partial charge in [-0.2, -0.15) is 0 Å². The second kappa shape index (κ2) is 7.31. The van der Waals surface area contributed by atoms with Gasteiger partial charge in [0.1, 0.15) is 4.32 Å². The lowest BCUT2D eigenvalue weighted by atomic mass is 10.4. The zero-order chi connectivity index (χ0) is 12.8. The second-order valence-electron chi connectivity index (χ2n) is 4.55. The van der Waals surface area contributed by atoms with Crippen LogP contribution in [-0.4, -0.2) is 65.2 Å². The number of rotatable bonds is 3. The predicted molar refractivity (Wildman–Crippen MR) is 77.9 cm³/mol. The molecule has 0 saturated carbocycles. The van der Waals surface area contributed by atoms with Crippen molar-refractivity contribution in [1.29, 1.82) is 0 Å². The van der Waals surface area contributed by atoms with Gasteiger partial charge in [-0.25, -0.2) is 0 Å². The fraction of sp³-hybridized carbons (Fsp3) is 0.833. The Balaban J connectivity index is 1.62. The number of hydrogen-bond donors (Lipinski definition) is 0. The largest absolute Gasteiger partial charge is 0.378 e. The maximum absolute atomic E-state index is 11.8. The lowest BCUT2D eigenvalue weighted by molar-refractivity contribution is -0.129. The molecular weight excluding hydrogens is 268 g/mol. The SMILES string of the molecule is O=C(CCSC(=S)N1CCOCC1)N1CCCC1. The number of hydrogen-bond acceptors (Lipinski definition) is 4. The normalized spacial score (nSPS) is 20.2. The quantitative estimate of drug-likeness (QED) is 0.732. The molecule has 0 aliphatic carbocycles. The first-order valence-electron chi connectivity index (χ1n) is 6.54. The second-order valence-corrected chi connectivity index (χ2v) is 6.28. The molecule has 2 aliphatic rings. The molecule has 0 N–H and O–H groups in total. The Morgan fingerprint density at radius 3 is 2.44 bits per heavy atom. The van der Waals surface area contributed by atoms with E-state index in [-0.39, 0.29) is 5.91 Å². The molecule has 2 heterocycles. The van der Waals surface area contributed by atoms with Gasteiger partial charge in [-0.05, 0) is 12.8 Å². The minimum absolute atomic E-state index is 0.282. The standard InChI is InChI=1S/C12H20N2O2S2/c15-11(13-4-1-2-5-13)3-10-18-12(17)14-6-8-16-9-7-14/h1-10H2. The summed E-state index contributed by atoms with van der Waals surface area (Å²) in [5.74, 6) is 1.08. The molecule has 2 saturated heterocycles. The van der Waals surface area contributed by atoms with Crippen LogP contribution in [0.3, 0.4) is 0 Å². The van der Waals surface area contributed by atoms with E-state index < -0.39 is 0 Å². The number of ether oxygens (including phenoxy) is 1. The summed E-state index contributed by atoms with van der Waals surface area (Å²) >= 11 is 6.99. The highest BCUT2D eigenvalue weighted by Crippen LogP contribution is 2.15. The molecule has 2 aliphatic heterocycles. The third kappa shape index (κ3) is 4.10. The molecule has 18 heavy (non-hydrogen) atoms. The summed E-state index contributed by atoms with van der Waals surface area (Å²) in [4.78, 5) is 16.0. The summed E-state index contributed by atoms with van der Waals surface area (Å²) in [5.41, 5.74) is 0. The Labute approximate surface area is 118 Å². The first-order chi connectivity index (χ1) is 8.77. The molecule has 0 spiro atoms. The minimum Gasteiger partial charge on any atom is -0.378 e. The first kappa shape index (κ1) is 14.1. The van der Waals surface area contributed by atoms with E-state index in [1.54, 1.807) is 11.8 Å². The molecule has 0 radical (unpaired) electrons. The van der Waals surface area contributed by atoms with Gasteiger partial charge in [-0.1, -0.05) is 24.0 Å². The van der Waals surface area contributed by atoms with Crippen molar-refractivity contribution >= 4 is 34.2 Å². The lowest BCUT2D eigenvalue weighted by Crippen LogP contribution is -2.38. The molecule has 2 rings (SSSR count). The van der Waals surface area contributed by atoms with Gasteiger partial charge in [0.2, 0.25) is 5.91 Å². The fourth-order valence-electron chi connectivity index (χ4n) is 2.19. The van der Waals surface area contributed by atoms with Gasteiger partial charge in [0.05, 0.1) is 13.2 Å². The van der Waals surface area contributed by atoms with Crippen LogP contribution in [0.25, 0.3) is 0 Å². The van der Waals surface area contributed by atoms with E-state index in [9.17, 15) is 4.79 Å². The number of morpholine rings is 1. The van der Waals surface area contributed by atoms with Crippen molar-refractivity contribution < 1.29 is 9.53 Å². The molecule has 0 atom stereocenters. The van der Waals surface area contributed by atoms with E-state index in [0.29, 0.717) is 6.42 Å². The van der Waals surface area contributed by atoms with E-state index in [1.807, 2.05) is 4.90 Å². The maximum atomic E-state index is 11.8. The molecule has 2 fully saturated rings. The zero-order valence-electron chi connectivity index (χ0n) is 10.6. The average Bonchev–Trinajstić information content (AvgIpc) is 2.93. The molecule has 0 aromatic carbocycles. The van der Waals surface area contributed by atoms with Crippen LogP contribution < -0.4 is 0 Å². The van der Waals surface area contributed by atoms with E-state index in [0.717, 1.165) is 62.3 Å². The van der Waals surface area contributed by atoms with Crippen LogP contribution in [0.4, 0.5) is 0 Å². The molecule has 102 valence electrons. The maximum Gasteiger partial charge on any atom is 0.223 e. The number of amides is 1. The summed E-state index contributed by atoms with van der Waals surface area (Å²) < 4.78 is 6.20. The van der Waals surface area contributed by atoms with Crippen molar-refractivity contribution in [2.45, 2.75) is 19.3 Å². The van der Waals surface area contributed by atoms with Crippen molar-refractivity contribution in [3.8, 4) is 0 Å². The molecule has 6 heteroatoms. The van der Waals surface area contributed by atoms with Gasteiger partial charge in [0.15, 0.2) is 0 Å². The lowest BCUT2D eigenvalue weighted by Gasteiger charge is -2.28. The van der Waals surface area contributed by atoms with E-state index in [1.165, 1.54) is 0 Å². The molecule has 0 aromatic rings. The molecule has 0 bridgehead atoms. The van der Waals surface area contributed by atoms with Gasteiger partial charge >= 0.3 is 0 Å². The number of nitrogens with zero attached hydrogens (tertiary/aromatic N) is 2. The van der Waals surface area contributed by atoms with E-state index in [4.69, 9.17) is 17.0 Å². The van der Waals surface area contributed by atoms with Crippen LogP contribution in [0, 0.1) is 0 Å². The summed E-state index contributed by atoms with van der Waals surface area (Å²) in [6, 6.07) is 0. The highest BCUT2D eigenvalue weighted by atomic mass is 32.2. The number of carbonyl (C=O) groups excluding carboxylic acids is 1. The van der Waals surface area contributed by atoms with Crippen molar-refractivity contribution in [3.63, 3.8) is 0 Å². The zero-order valence-corrected chi connectivity index (χ0v) is 12.2. The molecule has 4 nitrogen and oxygen atoms in total. The number of thiocarbonyl (C=S) groups is 1. The highest BCUT2D eigenvalue weighted by Gasteiger charge is 2.18. The van der Waals surface area contributed by atoms with Crippen LogP contribution in [0.15, 0.2) is 0 Å². The molecule has 0 aromatic heterocycles. The highest BCUT2D eigenvalue weighted by molar-refractivity contribution is 8.22. The Hall–Kier alpha value is -0.330. The van der Waals surface area contributed by atoms with Gasteiger partial charge < -0.3 is 14.5 Å². The van der Waals surface area contributed by atoms with Crippen molar-refractivity contribution in [1.82, 2.24) is 9.80 Å². The number of thioether (sulfide) groups is 1. The van der Waals surface area contributed by atoms with Crippen LogP contribution in [0.1, 0.15) is 19.3 Å². The van der Waals surface area contributed by atoms with Gasteiger partial charge in [-0.3, -0.25) is 4.79 Å². The summed E-state index contributed by atoms with van der Waals surface area (Å²) in [5, 5.41) is 0. The molecular formula is C12H20N2O2S2. The fourth-order valence-corrected chi connectivity index (χ4v) is 3.44. The smallest absolute Gasteiger partial charge is 0.223 e. The topological polar surface area (TPSA) is 32.8 Å². The van der Waals surface area contributed by atoms with Crippen LogP contribution >= 0.6 is 24.0 Å². The summed E-state index contributed by atoms with van der Waals surface area (Å²) in [6.45, 7) is 5.16. The third-order valence-electron chi connectivity index (χ3n) is 3.27. The van der Waals surface area contributed by atoms with Crippen LogP contribution in [0.5, 0.6) is 0 Å². The minimum atomic E-state index is 0.282. The summed E-state index contributed by atoms with van der Waals surface area (Å²) in [6.07, 6.45) is 2.92. The molecule has 1 amide bonds. The monoisotopic (exact) mass is 288 g/mol. The Morgan fingerprint density at radius 2 is 1.78 bits per heavy atom. The van der Waals surface area contributed by atoms with E-state index in [2.05, 4.69) is 4.90 Å². The average molecular weight is 288 g/mol. The Morgan fingerprint density at radius 1 is 1.11 bits per heavy atom. The van der Waals surface area contributed by atoms with Crippen molar-refractivity contribution in [3.05, 3.63) is 0 Å². The van der Waals surface area contributed by atoms with Gasteiger partial charge in [0, 0.05) is 38.4 Å². The van der Waals surface area contributed by atoms with Gasteiger partial charge in [-0.15, -0.1) is 0 Å². The van der Waals surface area contributed by atoms with Crippen molar-refractivity contribution in [2.75, 3.05) is 45.1 Å². The van der Waals surface area contributed by atoms with Crippen LogP contribution in [0.2, 0.25) is 0 Å².